The minimum absolute atomic E-state index is 0. The number of nitrogens with one attached hydrogen (secondary N) is 1. The van der Waals surface area contributed by atoms with Crippen LogP contribution in [0.2, 0.25) is 0 Å². The van der Waals surface area contributed by atoms with E-state index in [0.29, 0.717) is 0 Å². The molecular formula is C14H31N3OV. The molecule has 113 valence electrons. The number of rotatable bonds is 4. The van der Waals surface area contributed by atoms with E-state index in [9.17, 15) is 0 Å². The van der Waals surface area contributed by atoms with Crippen LogP contribution in [0, 0.1) is 13.6 Å². The minimum atomic E-state index is -0.0509. The van der Waals surface area contributed by atoms with Crippen LogP contribution in [-0.4, -0.2) is 28.2 Å². The predicted molar refractivity (Wildman–Crippen MR) is 81.5 cm³/mol. The zero-order valence-electron chi connectivity index (χ0n) is 11.1. The van der Waals surface area contributed by atoms with Crippen LogP contribution in [0.15, 0.2) is 12.4 Å². The molecular weight excluding hydrogens is 277 g/mol. The molecule has 0 saturated carbocycles. The Morgan fingerprint density at radius 1 is 1.37 bits per heavy atom. The van der Waals surface area contributed by atoms with Gasteiger partial charge in [-0.1, -0.05) is 41.3 Å². The van der Waals surface area contributed by atoms with Gasteiger partial charge in [0.05, 0.1) is 6.10 Å². The van der Waals surface area contributed by atoms with Crippen molar-refractivity contribution in [3.05, 3.63) is 26.0 Å². The van der Waals surface area contributed by atoms with Crippen molar-refractivity contribution in [3.8, 4) is 0 Å². The van der Waals surface area contributed by atoms with Gasteiger partial charge >= 0.3 is 18.6 Å². The zero-order chi connectivity index (χ0) is 11.5. The number of nitrogens with zero attached hydrogens (tertiary/aromatic N) is 2. The van der Waals surface area contributed by atoms with Crippen molar-refractivity contribution in [2.24, 2.45) is 0 Å². The van der Waals surface area contributed by atoms with E-state index < -0.39 is 0 Å². The van der Waals surface area contributed by atoms with Crippen LogP contribution in [0.4, 0.5) is 5.82 Å². The van der Waals surface area contributed by atoms with Crippen LogP contribution in [0.3, 0.4) is 0 Å². The topological polar surface area (TPSA) is 58.0 Å². The van der Waals surface area contributed by atoms with E-state index in [0.717, 1.165) is 25.1 Å². The van der Waals surface area contributed by atoms with Gasteiger partial charge in [-0.2, -0.15) is 0 Å². The van der Waals surface area contributed by atoms with Crippen LogP contribution in [0.25, 0.3) is 0 Å². The maximum atomic E-state index is 8.86. The van der Waals surface area contributed by atoms with Gasteiger partial charge in [0.2, 0.25) is 0 Å². The molecule has 0 saturated heterocycles. The molecule has 1 heterocycles. The molecule has 4 nitrogen and oxygen atoms in total. The normalized spacial score (nSPS) is 8.84. The first-order chi connectivity index (χ1) is 7.24. The van der Waals surface area contributed by atoms with Crippen LogP contribution < -0.4 is 5.32 Å². The third kappa shape index (κ3) is 19.9. The molecule has 1 aromatic rings. The van der Waals surface area contributed by atoms with Crippen molar-refractivity contribution >= 4 is 5.82 Å². The zero-order valence-corrected chi connectivity index (χ0v) is 12.5. The number of aliphatic hydroxyl groups excluding tert-OH is 1. The molecule has 5 heteroatoms. The molecule has 0 bridgehead atoms. The van der Waals surface area contributed by atoms with Gasteiger partial charge in [-0.25, -0.2) is 0 Å². The summed E-state index contributed by atoms with van der Waals surface area (Å²) in [5.41, 5.74) is 0. The van der Waals surface area contributed by atoms with Crippen molar-refractivity contribution in [3.63, 3.8) is 0 Å². The minimum Gasteiger partial charge on any atom is -0.425 e. The Morgan fingerprint density at radius 2 is 1.95 bits per heavy atom. The van der Waals surface area contributed by atoms with Crippen LogP contribution in [0.1, 0.15) is 48.0 Å². The summed E-state index contributed by atoms with van der Waals surface area (Å²) < 4.78 is 0. The van der Waals surface area contributed by atoms with Gasteiger partial charge in [0.25, 0.3) is 0 Å². The molecule has 0 aliphatic carbocycles. The summed E-state index contributed by atoms with van der Waals surface area (Å²) in [6, 6.07) is 1.68. The fourth-order valence-electron chi connectivity index (χ4n) is 0.934. The van der Waals surface area contributed by atoms with E-state index in [-0.39, 0.29) is 46.9 Å². The average Bonchev–Trinajstić information content (AvgIpc) is 2.31. The van der Waals surface area contributed by atoms with Crippen LogP contribution in [-0.2, 0) is 18.6 Å². The number of aliphatic hydroxyl groups is 1. The molecule has 1 aromatic heterocycles. The van der Waals surface area contributed by atoms with Gasteiger partial charge in [0.15, 0.2) is 0 Å². The molecule has 1 atom stereocenters. The average molecular weight is 308 g/mol. The summed E-state index contributed by atoms with van der Waals surface area (Å²) in [4.78, 5) is 7.46. The van der Waals surface area contributed by atoms with E-state index >= 15 is 0 Å². The van der Waals surface area contributed by atoms with Gasteiger partial charge in [-0.3, -0.25) is 0 Å². The summed E-state index contributed by atoms with van der Waals surface area (Å²) in [6.07, 6.45) is 6.98. The first kappa shape index (κ1) is 31.0. The quantitative estimate of drug-likeness (QED) is 0.835. The van der Waals surface area contributed by atoms with E-state index in [4.69, 9.17) is 5.11 Å². The summed E-state index contributed by atoms with van der Waals surface area (Å²) in [7, 11) is 1.80. The smallest absolute Gasteiger partial charge is 0.425 e. The van der Waals surface area contributed by atoms with Gasteiger partial charge in [-0.05, 0) is 19.9 Å². The standard InChI is InChI=1S/C6H14O.C5H6N3.2CH4.CH3.V/c1-3-5-6(7)4-2;1-6-5-2-3-7-4-8-5;;;;/h6-7H,3-5H2,1-2H3;2,4H,1H3,(H,6,7,8);2*1H4;1H3;/q;-1;;;-1;+2. The molecule has 0 aliphatic rings. The molecule has 1 rings (SSSR count). The second-order valence-electron chi connectivity index (χ2n) is 3.13. The summed E-state index contributed by atoms with van der Waals surface area (Å²) in [5.74, 6) is 0.792. The fraction of sp³-hybridized carbons (Fsp3) is 0.643. The summed E-state index contributed by atoms with van der Waals surface area (Å²) in [6.45, 7) is 4.08. The molecule has 0 spiro atoms. The third-order valence-electron chi connectivity index (χ3n) is 1.88. The third-order valence-corrected chi connectivity index (χ3v) is 1.88. The Hall–Kier alpha value is -0.576. The first-order valence-electron chi connectivity index (χ1n) is 5.28. The second-order valence-corrected chi connectivity index (χ2v) is 3.13. The second kappa shape index (κ2) is 22.6. The molecule has 1 unspecified atom stereocenters. The fourth-order valence-corrected chi connectivity index (χ4v) is 0.934. The van der Waals surface area contributed by atoms with Gasteiger partial charge in [-0.15, -0.1) is 6.07 Å². The van der Waals surface area contributed by atoms with E-state index in [1.807, 2.05) is 6.92 Å². The largest absolute Gasteiger partial charge is 2.00 e. The maximum absolute atomic E-state index is 8.86. The van der Waals surface area contributed by atoms with Gasteiger partial charge in [0.1, 0.15) is 0 Å². The van der Waals surface area contributed by atoms with Crippen LogP contribution in [0.5, 0.6) is 0 Å². The van der Waals surface area contributed by atoms with Crippen molar-refractivity contribution in [1.29, 1.82) is 0 Å². The van der Waals surface area contributed by atoms with Crippen molar-refractivity contribution < 1.29 is 23.7 Å². The molecule has 2 N–H and O–H groups in total. The maximum Gasteiger partial charge on any atom is 2.00 e. The molecule has 0 fully saturated rings. The first-order valence-corrected chi connectivity index (χ1v) is 5.28. The molecule has 0 aromatic carbocycles. The Balaban J connectivity index is -0.0000000573. The number of hydrogen-bond donors (Lipinski definition) is 2. The number of aromatic nitrogens is 2. The van der Waals surface area contributed by atoms with Crippen molar-refractivity contribution in [2.75, 3.05) is 12.4 Å². The Kier molecular flexibility index (Phi) is 36.9. The van der Waals surface area contributed by atoms with E-state index in [1.165, 1.54) is 6.33 Å². The molecule has 1 radical (unpaired) electrons. The molecule has 0 aliphatic heterocycles. The number of hydrogen-bond acceptors (Lipinski definition) is 4. The Bertz CT molecular complexity index is 235. The Labute approximate surface area is 132 Å². The van der Waals surface area contributed by atoms with Crippen molar-refractivity contribution in [2.45, 2.75) is 54.1 Å². The van der Waals surface area contributed by atoms with Crippen molar-refractivity contribution in [1.82, 2.24) is 9.97 Å². The summed E-state index contributed by atoms with van der Waals surface area (Å²) in [5, 5.41) is 11.7. The van der Waals surface area contributed by atoms with Gasteiger partial charge < -0.3 is 27.8 Å². The molecule has 19 heavy (non-hydrogen) atoms. The monoisotopic (exact) mass is 308 g/mol. The number of anilines is 1. The summed E-state index contributed by atoms with van der Waals surface area (Å²) >= 11 is 0. The molecule has 0 amide bonds. The SMILES string of the molecule is C.C.CCCC(O)CC.CNc1c[c-]ncn1.[CH3-].[V+2]. The predicted octanol–water partition coefficient (Wildman–Crippen LogP) is 3.60. The van der Waals surface area contributed by atoms with E-state index in [1.54, 1.807) is 13.1 Å². The van der Waals surface area contributed by atoms with Gasteiger partial charge in [0, 0.05) is 12.1 Å². The Morgan fingerprint density at radius 3 is 2.16 bits per heavy atom. The van der Waals surface area contributed by atoms with Crippen LogP contribution >= 0.6 is 0 Å². The van der Waals surface area contributed by atoms with E-state index in [2.05, 4.69) is 28.4 Å².